The van der Waals surface area contributed by atoms with Crippen molar-refractivity contribution in [2.24, 2.45) is 5.73 Å². The highest BCUT2D eigenvalue weighted by molar-refractivity contribution is 5.18. The van der Waals surface area contributed by atoms with Crippen molar-refractivity contribution in [1.29, 1.82) is 0 Å². The van der Waals surface area contributed by atoms with Crippen LogP contribution in [0.5, 0.6) is 0 Å². The lowest BCUT2D eigenvalue weighted by Crippen LogP contribution is -2.96. The number of nitrogens with one attached hydrogen (secondary N) is 2. The van der Waals surface area contributed by atoms with Crippen LogP contribution in [0.3, 0.4) is 0 Å². The van der Waals surface area contributed by atoms with Gasteiger partial charge in [0.15, 0.2) is 17.2 Å². The molecule has 2 aliphatic heterocycles. The van der Waals surface area contributed by atoms with Crippen LogP contribution in [0.25, 0.3) is 0 Å². The first-order valence-electron chi connectivity index (χ1n) is 10.3. The summed E-state index contributed by atoms with van der Waals surface area (Å²) in [5.74, 6) is -0.708. The van der Waals surface area contributed by atoms with E-state index in [1.54, 1.807) is 0 Å². The molecule has 3 unspecified atom stereocenters. The Balaban J connectivity index is 2.73. The van der Waals surface area contributed by atoms with Crippen molar-refractivity contribution in [3.8, 4) is 0 Å². The molecule has 0 aromatic rings. The highest BCUT2D eigenvalue weighted by atomic mass is 16.5. The molecule has 0 aliphatic carbocycles. The monoisotopic (exact) mass is 387 g/mol. The predicted molar refractivity (Wildman–Crippen MR) is 108 cm³/mol. The fourth-order valence-electron chi connectivity index (χ4n) is 5.16. The van der Waals surface area contributed by atoms with Gasteiger partial charge in [0, 0.05) is 26.1 Å². The number of hydrogen-bond donors (Lipinski definition) is 4. The summed E-state index contributed by atoms with van der Waals surface area (Å²) in [6, 6.07) is 0. The molecule has 2 saturated heterocycles. The Labute approximate surface area is 164 Å². The SMILES string of the molecule is CCNC1(NC)C(N)(O)CCN(N2CCOCC2)C1(N(C)C)N(CC)CC. The summed E-state index contributed by atoms with van der Waals surface area (Å²) in [6.45, 7) is 12.4. The molecule has 9 heteroatoms. The molecule has 3 atom stereocenters. The Morgan fingerprint density at radius 1 is 1.11 bits per heavy atom. The number of nitrogens with zero attached hydrogens (tertiary/aromatic N) is 4. The first kappa shape index (κ1) is 22.9. The molecule has 160 valence electrons. The Morgan fingerprint density at radius 2 is 1.70 bits per heavy atom. The lowest BCUT2D eigenvalue weighted by Gasteiger charge is -2.70. The van der Waals surface area contributed by atoms with Crippen LogP contribution in [0.1, 0.15) is 27.2 Å². The fraction of sp³-hybridized carbons (Fsp3) is 1.00. The van der Waals surface area contributed by atoms with Crippen LogP contribution in [-0.2, 0) is 4.74 Å². The number of ether oxygens (including phenoxy) is 1. The normalized spacial score (nSPS) is 36.7. The summed E-state index contributed by atoms with van der Waals surface area (Å²) in [6.07, 6.45) is 0.453. The second-order valence-electron chi connectivity index (χ2n) is 7.60. The van der Waals surface area contributed by atoms with Gasteiger partial charge in [-0.3, -0.25) is 20.4 Å². The quantitative estimate of drug-likeness (QED) is 0.378. The molecular weight excluding hydrogens is 346 g/mol. The maximum atomic E-state index is 11.5. The fourth-order valence-corrected chi connectivity index (χ4v) is 5.16. The van der Waals surface area contributed by atoms with E-state index in [0.717, 1.165) is 26.2 Å². The molecule has 2 rings (SSSR count). The Morgan fingerprint density at radius 3 is 2.15 bits per heavy atom. The highest BCUT2D eigenvalue weighted by Crippen LogP contribution is 2.44. The topological polar surface area (TPSA) is 92.5 Å². The van der Waals surface area contributed by atoms with Crippen LogP contribution in [0.2, 0.25) is 0 Å². The molecule has 0 aromatic carbocycles. The molecule has 0 bridgehead atoms. The summed E-state index contributed by atoms with van der Waals surface area (Å²) >= 11 is 0. The van der Waals surface area contributed by atoms with E-state index in [-0.39, 0.29) is 0 Å². The molecule has 0 amide bonds. The number of likely N-dealkylation sites (N-methyl/N-ethyl adjacent to an activating group) is 4. The van der Waals surface area contributed by atoms with Crippen LogP contribution in [0.4, 0.5) is 0 Å². The smallest absolute Gasteiger partial charge is 0.180 e. The summed E-state index contributed by atoms with van der Waals surface area (Å²) < 4.78 is 5.60. The van der Waals surface area contributed by atoms with Crippen molar-refractivity contribution < 1.29 is 9.84 Å². The van der Waals surface area contributed by atoms with Crippen molar-refractivity contribution in [3.63, 3.8) is 0 Å². The van der Waals surface area contributed by atoms with Gasteiger partial charge in [-0.15, -0.1) is 0 Å². The van der Waals surface area contributed by atoms with Crippen LogP contribution in [-0.4, -0.2) is 116 Å². The Hall–Kier alpha value is -0.360. The van der Waals surface area contributed by atoms with Gasteiger partial charge >= 0.3 is 0 Å². The van der Waals surface area contributed by atoms with Gasteiger partial charge in [-0.25, -0.2) is 10.0 Å². The van der Waals surface area contributed by atoms with Crippen molar-refractivity contribution in [2.75, 3.05) is 73.6 Å². The number of rotatable bonds is 8. The van der Waals surface area contributed by atoms with E-state index >= 15 is 0 Å². The van der Waals surface area contributed by atoms with E-state index in [9.17, 15) is 5.11 Å². The summed E-state index contributed by atoms with van der Waals surface area (Å²) in [4.78, 5) is 4.56. The first-order valence-corrected chi connectivity index (χ1v) is 10.3. The average molecular weight is 388 g/mol. The van der Waals surface area contributed by atoms with E-state index in [1.165, 1.54) is 0 Å². The molecule has 0 saturated carbocycles. The van der Waals surface area contributed by atoms with Crippen LogP contribution in [0.15, 0.2) is 0 Å². The van der Waals surface area contributed by atoms with E-state index in [2.05, 4.69) is 58.4 Å². The molecule has 2 aliphatic rings. The molecule has 0 radical (unpaired) electrons. The molecule has 0 aromatic heterocycles. The minimum atomic E-state index is -1.44. The van der Waals surface area contributed by atoms with E-state index in [0.29, 0.717) is 32.7 Å². The number of piperidine rings is 1. The number of hydrogen-bond acceptors (Lipinski definition) is 9. The lowest BCUT2D eigenvalue weighted by atomic mass is 9.79. The van der Waals surface area contributed by atoms with Gasteiger partial charge < -0.3 is 15.6 Å². The third-order valence-corrected chi connectivity index (χ3v) is 6.19. The highest BCUT2D eigenvalue weighted by Gasteiger charge is 2.70. The van der Waals surface area contributed by atoms with Gasteiger partial charge in [-0.2, -0.15) is 0 Å². The maximum absolute atomic E-state index is 11.5. The van der Waals surface area contributed by atoms with Crippen molar-refractivity contribution in [1.82, 2.24) is 30.5 Å². The molecule has 0 spiro atoms. The minimum absolute atomic E-state index is 0.453. The second kappa shape index (κ2) is 8.98. The van der Waals surface area contributed by atoms with E-state index in [4.69, 9.17) is 10.5 Å². The minimum Gasteiger partial charge on any atom is -0.379 e. The zero-order valence-electron chi connectivity index (χ0n) is 18.1. The Kier molecular flexibility index (Phi) is 7.62. The van der Waals surface area contributed by atoms with Gasteiger partial charge in [0.1, 0.15) is 0 Å². The molecule has 27 heavy (non-hydrogen) atoms. The van der Waals surface area contributed by atoms with Crippen LogP contribution >= 0.6 is 0 Å². The van der Waals surface area contributed by atoms with Gasteiger partial charge in [-0.1, -0.05) is 20.8 Å². The third-order valence-electron chi connectivity index (χ3n) is 6.19. The molecule has 2 heterocycles. The number of hydrazine groups is 1. The maximum Gasteiger partial charge on any atom is 0.180 e. The van der Waals surface area contributed by atoms with Crippen molar-refractivity contribution in [2.45, 2.75) is 44.4 Å². The molecule has 2 fully saturated rings. The van der Waals surface area contributed by atoms with Crippen LogP contribution < -0.4 is 16.4 Å². The predicted octanol–water partition coefficient (Wildman–Crippen LogP) is -1.33. The largest absolute Gasteiger partial charge is 0.379 e. The summed E-state index contributed by atoms with van der Waals surface area (Å²) in [5, 5.41) is 23.2. The van der Waals surface area contributed by atoms with E-state index in [1.807, 2.05) is 14.0 Å². The third kappa shape index (κ3) is 3.43. The molecule has 5 N–H and O–H groups in total. The average Bonchev–Trinajstić information content (AvgIpc) is 2.65. The second-order valence-corrected chi connectivity index (χ2v) is 7.60. The number of aliphatic hydroxyl groups is 1. The zero-order chi connectivity index (χ0) is 20.3. The number of nitrogens with two attached hydrogens (primary N) is 1. The van der Waals surface area contributed by atoms with Crippen molar-refractivity contribution in [3.05, 3.63) is 0 Å². The summed E-state index contributed by atoms with van der Waals surface area (Å²) in [5.41, 5.74) is 4.20. The van der Waals surface area contributed by atoms with Gasteiger partial charge in [-0.05, 0) is 40.8 Å². The van der Waals surface area contributed by atoms with Gasteiger partial charge in [0.05, 0.1) is 13.2 Å². The summed E-state index contributed by atoms with van der Waals surface area (Å²) in [7, 11) is 6.01. The first-order chi connectivity index (χ1) is 12.8. The van der Waals surface area contributed by atoms with Gasteiger partial charge in [0.2, 0.25) is 0 Å². The van der Waals surface area contributed by atoms with Crippen molar-refractivity contribution >= 4 is 0 Å². The van der Waals surface area contributed by atoms with Gasteiger partial charge in [0.25, 0.3) is 0 Å². The van der Waals surface area contributed by atoms with Crippen LogP contribution in [0, 0.1) is 0 Å². The number of morpholine rings is 1. The Bertz CT molecular complexity index is 469. The molecule has 9 nitrogen and oxygen atoms in total. The zero-order valence-corrected chi connectivity index (χ0v) is 18.1. The van der Waals surface area contributed by atoms with E-state index < -0.39 is 17.2 Å². The molecular formula is C18H41N7O2. The lowest BCUT2D eigenvalue weighted by molar-refractivity contribution is -0.341. The standard InChI is InChI=1S/C18H41N7O2/c1-7-21-17(20-4)16(19,26)10-11-25(24-12-14-27-15-13-24)18(17,22(5)6)23(8-2)9-3/h20-21,26H,7-15,19H2,1-6H3.